The van der Waals surface area contributed by atoms with Gasteiger partial charge in [0.1, 0.15) is 0 Å². The summed E-state index contributed by atoms with van der Waals surface area (Å²) in [6.07, 6.45) is 0.410. The van der Waals surface area contributed by atoms with Gasteiger partial charge in [0.2, 0.25) is 0 Å². The lowest BCUT2D eigenvalue weighted by Crippen LogP contribution is -2.34. The maximum Gasteiger partial charge on any atom is 0.276 e. The highest BCUT2D eigenvalue weighted by Gasteiger charge is 2.09. The average Bonchev–Trinajstić information content (AvgIpc) is 1.80. The van der Waals surface area contributed by atoms with Crippen molar-refractivity contribution < 1.29 is 13.5 Å². The predicted molar refractivity (Wildman–Crippen MR) is 37.4 cm³/mol. The fourth-order valence-corrected chi connectivity index (χ4v) is 0.804. The van der Waals surface area contributed by atoms with Gasteiger partial charge in [-0.2, -0.15) is 12.7 Å². The van der Waals surface area contributed by atoms with Crippen LogP contribution in [0.1, 0.15) is 6.42 Å². The predicted octanol–water partition coefficient (Wildman–Crippen LogP) is -1.50. The van der Waals surface area contributed by atoms with Crippen LogP contribution in [-0.2, 0) is 10.2 Å². The Kier molecular flexibility index (Phi) is 3.80. The van der Waals surface area contributed by atoms with Crippen molar-refractivity contribution in [3.63, 3.8) is 0 Å². The lowest BCUT2D eigenvalue weighted by Gasteiger charge is -2.11. The maximum atomic E-state index is 10.5. The van der Waals surface area contributed by atoms with E-state index in [1.807, 2.05) is 0 Å². The third-order valence-corrected chi connectivity index (χ3v) is 2.12. The summed E-state index contributed by atoms with van der Waals surface area (Å²) in [6, 6.07) is 0. The number of hydrogen-bond donors (Lipinski definition) is 2. The molecule has 10 heavy (non-hydrogen) atoms. The van der Waals surface area contributed by atoms with Crippen LogP contribution >= 0.6 is 0 Å². The molecule has 0 atom stereocenters. The zero-order valence-electron chi connectivity index (χ0n) is 5.82. The lowest BCUT2D eigenvalue weighted by atomic mass is 10.5. The molecule has 0 aliphatic heterocycles. The van der Waals surface area contributed by atoms with Gasteiger partial charge in [0.25, 0.3) is 10.2 Å². The van der Waals surface area contributed by atoms with E-state index in [9.17, 15) is 8.42 Å². The Labute approximate surface area is 60.6 Å². The Hall–Kier alpha value is -0.170. The molecule has 0 aliphatic rings. The number of nitrogens with two attached hydrogens (primary N) is 1. The van der Waals surface area contributed by atoms with Crippen LogP contribution < -0.4 is 5.14 Å². The molecule has 0 aromatic carbocycles. The van der Waals surface area contributed by atoms with Gasteiger partial charge in [-0.15, -0.1) is 0 Å². The average molecular weight is 168 g/mol. The fraction of sp³-hybridized carbons (Fsp3) is 1.00. The molecule has 0 aromatic heterocycles. The van der Waals surface area contributed by atoms with Gasteiger partial charge in [0, 0.05) is 20.2 Å². The highest BCUT2D eigenvalue weighted by molar-refractivity contribution is 7.86. The normalized spacial score (nSPS) is 12.4. The van der Waals surface area contributed by atoms with Crippen molar-refractivity contribution in [3.8, 4) is 0 Å². The van der Waals surface area contributed by atoms with E-state index in [0.29, 0.717) is 6.42 Å². The number of hydrogen-bond acceptors (Lipinski definition) is 3. The molecule has 0 unspecified atom stereocenters. The van der Waals surface area contributed by atoms with Gasteiger partial charge in [-0.3, -0.25) is 0 Å². The van der Waals surface area contributed by atoms with Crippen LogP contribution in [0, 0.1) is 0 Å². The second kappa shape index (κ2) is 3.87. The molecule has 3 N–H and O–H groups in total. The van der Waals surface area contributed by atoms with E-state index in [0.717, 1.165) is 4.31 Å². The maximum absolute atomic E-state index is 10.5. The topological polar surface area (TPSA) is 83.6 Å². The Bertz CT molecular complexity index is 177. The Morgan fingerprint density at radius 2 is 2.10 bits per heavy atom. The molecular weight excluding hydrogens is 156 g/mol. The Morgan fingerprint density at radius 3 is 2.40 bits per heavy atom. The molecule has 0 rings (SSSR count). The first kappa shape index (κ1) is 9.83. The monoisotopic (exact) mass is 168 g/mol. The van der Waals surface area contributed by atoms with Crippen LogP contribution in [0.25, 0.3) is 0 Å². The first-order chi connectivity index (χ1) is 4.48. The fourth-order valence-electron chi connectivity index (χ4n) is 0.421. The summed E-state index contributed by atoms with van der Waals surface area (Å²) < 4.78 is 21.9. The van der Waals surface area contributed by atoms with Gasteiger partial charge in [-0.1, -0.05) is 0 Å². The number of aliphatic hydroxyl groups excluding tert-OH is 1. The van der Waals surface area contributed by atoms with Gasteiger partial charge >= 0.3 is 0 Å². The summed E-state index contributed by atoms with van der Waals surface area (Å²) in [7, 11) is -2.19. The summed E-state index contributed by atoms with van der Waals surface area (Å²) in [5, 5.41) is 13.1. The molecule has 0 saturated heterocycles. The summed E-state index contributed by atoms with van der Waals surface area (Å²) in [5.41, 5.74) is 0. The molecule has 0 heterocycles. The highest BCUT2D eigenvalue weighted by Crippen LogP contribution is 1.90. The zero-order chi connectivity index (χ0) is 8.20. The Balaban J connectivity index is 3.75. The minimum Gasteiger partial charge on any atom is -0.396 e. The molecule has 0 amide bonds. The second-order valence-corrected chi connectivity index (χ2v) is 3.60. The standard InChI is InChI=1S/C4H12N2O3S/c1-6(3-2-4-7)10(5,8)9/h7H,2-4H2,1H3,(H2,5,8,9). The van der Waals surface area contributed by atoms with Crippen LogP contribution in [0.5, 0.6) is 0 Å². The number of nitrogens with zero attached hydrogens (tertiary/aromatic N) is 1. The van der Waals surface area contributed by atoms with Gasteiger partial charge in [-0.25, -0.2) is 5.14 Å². The van der Waals surface area contributed by atoms with Gasteiger partial charge in [-0.05, 0) is 6.42 Å². The van der Waals surface area contributed by atoms with Crippen LogP contribution in [0.4, 0.5) is 0 Å². The lowest BCUT2D eigenvalue weighted by molar-refractivity contribution is 0.275. The first-order valence-electron chi connectivity index (χ1n) is 2.83. The largest absolute Gasteiger partial charge is 0.396 e. The highest BCUT2D eigenvalue weighted by atomic mass is 32.2. The Morgan fingerprint density at radius 1 is 1.60 bits per heavy atom. The summed E-state index contributed by atoms with van der Waals surface area (Å²) in [6.45, 7) is 0.231. The molecule has 0 saturated carbocycles. The molecule has 0 aromatic rings. The van der Waals surface area contributed by atoms with E-state index in [-0.39, 0.29) is 13.2 Å². The van der Waals surface area contributed by atoms with Crippen LogP contribution in [0.2, 0.25) is 0 Å². The molecule has 0 fully saturated rings. The van der Waals surface area contributed by atoms with Crippen molar-refractivity contribution in [3.05, 3.63) is 0 Å². The van der Waals surface area contributed by atoms with Crippen LogP contribution in [0.3, 0.4) is 0 Å². The third kappa shape index (κ3) is 3.78. The smallest absolute Gasteiger partial charge is 0.276 e. The molecule has 0 radical (unpaired) electrons. The quantitative estimate of drug-likeness (QED) is 0.536. The minimum absolute atomic E-state index is 0.0279. The summed E-state index contributed by atoms with van der Waals surface area (Å²) >= 11 is 0. The van der Waals surface area contributed by atoms with Crippen molar-refractivity contribution in [2.45, 2.75) is 6.42 Å². The minimum atomic E-state index is -3.55. The van der Waals surface area contributed by atoms with Crippen molar-refractivity contribution in [2.24, 2.45) is 5.14 Å². The molecule has 0 bridgehead atoms. The summed E-state index contributed by atoms with van der Waals surface area (Å²) in [5.74, 6) is 0. The van der Waals surface area contributed by atoms with Gasteiger partial charge < -0.3 is 5.11 Å². The van der Waals surface area contributed by atoms with E-state index in [4.69, 9.17) is 10.2 Å². The molecule has 5 nitrogen and oxygen atoms in total. The van der Waals surface area contributed by atoms with Crippen LogP contribution in [0.15, 0.2) is 0 Å². The van der Waals surface area contributed by atoms with E-state index < -0.39 is 10.2 Å². The van der Waals surface area contributed by atoms with Crippen molar-refractivity contribution in [2.75, 3.05) is 20.2 Å². The van der Waals surface area contributed by atoms with Crippen molar-refractivity contribution in [1.82, 2.24) is 4.31 Å². The third-order valence-electron chi connectivity index (χ3n) is 1.07. The van der Waals surface area contributed by atoms with Crippen molar-refractivity contribution in [1.29, 1.82) is 0 Å². The molecule has 0 spiro atoms. The van der Waals surface area contributed by atoms with E-state index in [2.05, 4.69) is 0 Å². The van der Waals surface area contributed by atoms with Crippen LogP contribution in [-0.4, -0.2) is 38.0 Å². The number of aliphatic hydroxyl groups is 1. The molecule has 0 aliphatic carbocycles. The van der Waals surface area contributed by atoms with Gasteiger partial charge in [0.05, 0.1) is 0 Å². The van der Waals surface area contributed by atoms with E-state index in [1.54, 1.807) is 0 Å². The summed E-state index contributed by atoms with van der Waals surface area (Å²) in [4.78, 5) is 0. The van der Waals surface area contributed by atoms with Crippen molar-refractivity contribution >= 4 is 10.2 Å². The zero-order valence-corrected chi connectivity index (χ0v) is 6.63. The van der Waals surface area contributed by atoms with E-state index >= 15 is 0 Å². The SMILES string of the molecule is CN(CCCO)S(N)(=O)=O. The van der Waals surface area contributed by atoms with E-state index in [1.165, 1.54) is 7.05 Å². The number of rotatable bonds is 4. The molecule has 6 heteroatoms. The molecular formula is C4H12N2O3S. The van der Waals surface area contributed by atoms with Gasteiger partial charge in [0.15, 0.2) is 0 Å². The molecule has 62 valence electrons. The second-order valence-electron chi connectivity index (χ2n) is 1.94. The first-order valence-corrected chi connectivity index (χ1v) is 4.33.